The molecule has 0 aliphatic carbocycles. The van der Waals surface area contributed by atoms with Gasteiger partial charge in [-0.15, -0.1) is 0 Å². The molecule has 0 amide bonds. The minimum absolute atomic E-state index is 0.469. The van der Waals surface area contributed by atoms with E-state index in [-0.39, 0.29) is 0 Å². The Hall–Kier alpha value is 0.180. The molecule has 62 valence electrons. The first kappa shape index (κ1) is 10.2. The molecule has 7 heteroatoms. The minimum atomic E-state index is -4.27. The average Bonchev–Trinajstić information content (AvgIpc) is 1.78. The summed E-state index contributed by atoms with van der Waals surface area (Å²) in [5.74, 6) is 0.469. The lowest BCUT2D eigenvalue weighted by molar-refractivity contribution is 0.407. The van der Waals surface area contributed by atoms with Gasteiger partial charge in [-0.1, -0.05) is 0 Å². The largest absolute Gasteiger partial charge is 0.408 e. The van der Waals surface area contributed by atoms with E-state index in [0.717, 1.165) is 0 Å². The van der Waals surface area contributed by atoms with Crippen LogP contribution < -0.4 is 5.32 Å². The van der Waals surface area contributed by atoms with Gasteiger partial charge >= 0.3 is 10.4 Å². The Labute approximate surface area is 64.3 Å². The highest BCUT2D eigenvalue weighted by atomic mass is 32.3. The molecule has 2 N–H and O–H groups in total. The van der Waals surface area contributed by atoms with Crippen LogP contribution in [0.3, 0.4) is 0 Å². The van der Waals surface area contributed by atoms with Crippen LogP contribution in [0, 0.1) is 0 Å². The van der Waals surface area contributed by atoms with Gasteiger partial charge < -0.3 is 5.32 Å². The fraction of sp³-hybridized carbons (Fsp3) is 1.00. The molecule has 10 heavy (non-hydrogen) atoms. The third-order valence-corrected chi connectivity index (χ3v) is 2.01. The molecule has 0 aromatic rings. The summed E-state index contributed by atoms with van der Waals surface area (Å²) in [5.41, 5.74) is 0. The highest BCUT2D eigenvalue weighted by molar-refractivity contribution is 8.02. The van der Waals surface area contributed by atoms with Gasteiger partial charge in [-0.2, -0.15) is 12.0 Å². The van der Waals surface area contributed by atoms with E-state index in [0.29, 0.717) is 24.3 Å². The quantitative estimate of drug-likeness (QED) is 0.349. The number of nitrogens with one attached hydrogen (secondary N) is 1. The number of hydrogen-bond acceptors (Lipinski definition) is 5. The first-order valence-electron chi connectivity index (χ1n) is 2.49. The maximum atomic E-state index is 9.89. The molecule has 0 saturated carbocycles. The maximum absolute atomic E-state index is 9.89. The van der Waals surface area contributed by atoms with Crippen LogP contribution in [0.25, 0.3) is 0 Å². The molecule has 0 spiro atoms. The summed E-state index contributed by atoms with van der Waals surface area (Å²) in [6.45, 7) is 0.625. The van der Waals surface area contributed by atoms with Crippen molar-refractivity contribution in [3.63, 3.8) is 0 Å². The van der Waals surface area contributed by atoms with Crippen LogP contribution in [-0.2, 0) is 14.0 Å². The van der Waals surface area contributed by atoms with Gasteiger partial charge in [0, 0.05) is 24.3 Å². The molecular weight excluding hydrogens is 178 g/mol. The molecule has 0 aromatic heterocycles. The van der Waals surface area contributed by atoms with Gasteiger partial charge in [0.25, 0.3) is 0 Å². The zero-order valence-corrected chi connectivity index (χ0v) is 7.04. The summed E-state index contributed by atoms with van der Waals surface area (Å²) in [4.78, 5) is 0. The van der Waals surface area contributed by atoms with Crippen molar-refractivity contribution < 1.29 is 16.6 Å². The topological polar surface area (TPSA) is 75.6 Å². The van der Waals surface area contributed by atoms with Crippen LogP contribution in [0.5, 0.6) is 0 Å². The number of rotatable bonds is 5. The Bertz CT molecular complexity index is 165. The van der Waals surface area contributed by atoms with Gasteiger partial charge in [-0.25, -0.2) is 0 Å². The zero-order valence-electron chi connectivity index (χ0n) is 5.40. The van der Waals surface area contributed by atoms with E-state index in [1.54, 1.807) is 7.05 Å². The minimum Gasteiger partial charge on any atom is -0.319 e. The molecule has 5 nitrogen and oxygen atoms in total. The van der Waals surface area contributed by atoms with Crippen LogP contribution in [0.2, 0.25) is 0 Å². The molecule has 0 fully saturated rings. The highest BCUT2D eigenvalue weighted by Gasteiger charge is 2.03. The second-order valence-electron chi connectivity index (χ2n) is 1.42. The first-order chi connectivity index (χ1) is 4.56. The van der Waals surface area contributed by atoms with Crippen molar-refractivity contribution in [1.82, 2.24) is 5.32 Å². The van der Waals surface area contributed by atoms with Crippen molar-refractivity contribution in [3.8, 4) is 0 Å². The molecule has 0 bridgehead atoms. The van der Waals surface area contributed by atoms with Crippen molar-refractivity contribution in [3.05, 3.63) is 0 Å². The van der Waals surface area contributed by atoms with E-state index >= 15 is 0 Å². The van der Waals surface area contributed by atoms with E-state index in [1.807, 2.05) is 0 Å². The molecule has 0 aromatic carbocycles. The molecule has 0 aliphatic heterocycles. The Morgan fingerprint density at radius 2 is 2.30 bits per heavy atom. The Balaban J connectivity index is 3.21. The van der Waals surface area contributed by atoms with Crippen molar-refractivity contribution in [2.24, 2.45) is 0 Å². The first-order valence-corrected chi connectivity index (χ1v) is 4.77. The molecule has 0 saturated heterocycles. The molecule has 0 rings (SSSR count). The summed E-state index contributed by atoms with van der Waals surface area (Å²) in [6, 6.07) is 0. The van der Waals surface area contributed by atoms with Crippen LogP contribution >= 0.6 is 12.0 Å². The number of hydrogen-bond donors (Lipinski definition) is 2. The molecule has 0 unspecified atom stereocenters. The fourth-order valence-corrected chi connectivity index (χ4v) is 1.28. The second kappa shape index (κ2) is 4.91. The highest BCUT2D eigenvalue weighted by Crippen LogP contribution is 2.04. The van der Waals surface area contributed by atoms with E-state index in [4.69, 9.17) is 4.55 Å². The van der Waals surface area contributed by atoms with Crippen LogP contribution in [0.15, 0.2) is 0 Å². The van der Waals surface area contributed by atoms with Crippen LogP contribution in [0.1, 0.15) is 0 Å². The molecule has 0 radical (unpaired) electrons. The van der Waals surface area contributed by atoms with Gasteiger partial charge in [-0.3, -0.25) is 4.55 Å². The molecule has 0 heterocycles. The van der Waals surface area contributed by atoms with Gasteiger partial charge in [0.1, 0.15) is 0 Å². The summed E-state index contributed by atoms with van der Waals surface area (Å²) in [6.07, 6.45) is 0. The standard InChI is InChI=1S/C3H9NO4S2/c1-4-2-3-9-8-10(5,6)7/h4H,2-3H2,1H3,(H,5,6,7). The molecule has 0 aliphatic rings. The third-order valence-electron chi connectivity index (χ3n) is 0.569. The lowest BCUT2D eigenvalue weighted by Crippen LogP contribution is -2.10. The smallest absolute Gasteiger partial charge is 0.319 e. The Kier molecular flexibility index (Phi) is 5.00. The normalized spacial score (nSPS) is 11.8. The summed E-state index contributed by atoms with van der Waals surface area (Å²) < 4.78 is 31.7. The summed E-state index contributed by atoms with van der Waals surface area (Å²) >= 11 is 0.684. The van der Waals surface area contributed by atoms with Crippen molar-refractivity contribution >= 4 is 22.4 Å². The summed E-state index contributed by atoms with van der Waals surface area (Å²) in [7, 11) is -2.54. The van der Waals surface area contributed by atoms with Crippen molar-refractivity contribution in [1.29, 1.82) is 0 Å². The zero-order chi connectivity index (χ0) is 8.04. The van der Waals surface area contributed by atoms with E-state index in [9.17, 15) is 8.42 Å². The van der Waals surface area contributed by atoms with Gasteiger partial charge in [-0.05, 0) is 7.05 Å². The second-order valence-corrected chi connectivity index (χ2v) is 3.47. The molecule has 0 atom stereocenters. The molecular formula is C3H9NO4S2. The average molecular weight is 187 g/mol. The van der Waals surface area contributed by atoms with Crippen molar-refractivity contribution in [2.45, 2.75) is 0 Å². The van der Waals surface area contributed by atoms with Crippen LogP contribution in [-0.4, -0.2) is 32.3 Å². The summed E-state index contributed by atoms with van der Waals surface area (Å²) in [5, 5.41) is 2.78. The fourth-order valence-electron chi connectivity index (χ4n) is 0.239. The SMILES string of the molecule is CNCCSOS(=O)(=O)O. The van der Waals surface area contributed by atoms with E-state index < -0.39 is 10.4 Å². The Morgan fingerprint density at radius 1 is 1.70 bits per heavy atom. The lowest BCUT2D eigenvalue weighted by Gasteiger charge is -1.96. The van der Waals surface area contributed by atoms with Gasteiger partial charge in [0.05, 0.1) is 0 Å². The Morgan fingerprint density at radius 3 is 2.70 bits per heavy atom. The predicted octanol–water partition coefficient (Wildman–Crippen LogP) is -0.327. The monoisotopic (exact) mass is 187 g/mol. The van der Waals surface area contributed by atoms with Gasteiger partial charge in [0.2, 0.25) is 0 Å². The van der Waals surface area contributed by atoms with Gasteiger partial charge in [0.15, 0.2) is 0 Å². The lowest BCUT2D eigenvalue weighted by atomic mass is 10.8. The third kappa shape index (κ3) is 8.18. The van der Waals surface area contributed by atoms with Crippen molar-refractivity contribution in [2.75, 3.05) is 19.3 Å². The van der Waals surface area contributed by atoms with Crippen LogP contribution in [0.4, 0.5) is 0 Å². The van der Waals surface area contributed by atoms with E-state index in [2.05, 4.69) is 8.95 Å². The maximum Gasteiger partial charge on any atom is 0.408 e. The van der Waals surface area contributed by atoms with E-state index in [1.165, 1.54) is 0 Å². The predicted molar refractivity (Wildman–Crippen MR) is 39.0 cm³/mol.